The van der Waals surface area contributed by atoms with Gasteiger partial charge in [0.2, 0.25) is 0 Å². The molecule has 0 radical (unpaired) electrons. The summed E-state index contributed by atoms with van der Waals surface area (Å²) in [6, 6.07) is 16.7. The molecule has 0 bridgehead atoms. The number of anilines is 1. The van der Waals surface area contributed by atoms with Crippen LogP contribution in [0.15, 0.2) is 59.0 Å². The summed E-state index contributed by atoms with van der Waals surface area (Å²) >= 11 is 1.64. The van der Waals surface area contributed by atoms with E-state index in [0.717, 1.165) is 10.5 Å². The number of nitrogens with one attached hydrogen (secondary N) is 1. The topological polar surface area (TPSA) is 62.1 Å². The van der Waals surface area contributed by atoms with Crippen molar-refractivity contribution in [3.63, 3.8) is 0 Å². The average Bonchev–Trinajstić information content (AvgIpc) is 2.59. The molecule has 2 aromatic carbocycles. The van der Waals surface area contributed by atoms with Crippen molar-refractivity contribution in [3.8, 4) is 11.8 Å². The Morgan fingerprint density at radius 2 is 1.96 bits per heavy atom. The van der Waals surface area contributed by atoms with Crippen LogP contribution in [0.3, 0.4) is 0 Å². The minimum Gasteiger partial charge on any atom is -0.491 e. The predicted octanol–water partition coefficient (Wildman–Crippen LogP) is 4.74. The Bertz CT molecular complexity index is 805. The number of hydrogen-bond donors (Lipinski definition) is 1. The van der Waals surface area contributed by atoms with E-state index in [1.165, 1.54) is 0 Å². The molecule has 25 heavy (non-hydrogen) atoms. The van der Waals surface area contributed by atoms with Crippen LogP contribution >= 0.6 is 11.8 Å². The number of carbonyl (C=O) groups excluding carboxylic acids is 1. The lowest BCUT2D eigenvalue weighted by molar-refractivity contribution is -0.112. The maximum atomic E-state index is 12.4. The average molecular weight is 352 g/mol. The first-order chi connectivity index (χ1) is 12.0. The molecule has 5 heteroatoms. The smallest absolute Gasteiger partial charge is 0.266 e. The Labute approximate surface area is 152 Å². The number of carbonyl (C=O) groups is 1. The predicted molar refractivity (Wildman–Crippen MR) is 103 cm³/mol. The van der Waals surface area contributed by atoms with Gasteiger partial charge >= 0.3 is 0 Å². The summed E-state index contributed by atoms with van der Waals surface area (Å²) in [4.78, 5) is 13.5. The van der Waals surface area contributed by atoms with E-state index >= 15 is 0 Å². The summed E-state index contributed by atoms with van der Waals surface area (Å²) in [5.41, 5.74) is 1.44. The molecule has 0 saturated heterocycles. The molecule has 1 amide bonds. The standard InChI is InChI=1S/C20H20N2O2S/c1-14(2)24-18-6-4-5-17(12-18)22-20(23)16(13-21)11-15-7-9-19(25-3)10-8-15/h4-12,14H,1-3H3,(H,22,23)/b16-11-. The van der Waals surface area contributed by atoms with E-state index in [1.54, 1.807) is 36.0 Å². The molecule has 2 aromatic rings. The van der Waals surface area contributed by atoms with Crippen LogP contribution in [0.4, 0.5) is 5.69 Å². The molecule has 0 aromatic heterocycles. The number of rotatable bonds is 6. The van der Waals surface area contributed by atoms with Gasteiger partial charge < -0.3 is 10.1 Å². The van der Waals surface area contributed by atoms with Crippen LogP contribution < -0.4 is 10.1 Å². The van der Waals surface area contributed by atoms with Gasteiger partial charge in [-0.05, 0) is 56.0 Å². The molecular formula is C20H20N2O2S. The van der Waals surface area contributed by atoms with Gasteiger partial charge in [-0.25, -0.2) is 0 Å². The van der Waals surface area contributed by atoms with E-state index in [0.29, 0.717) is 11.4 Å². The molecule has 0 aliphatic carbocycles. The number of amides is 1. The molecule has 0 saturated carbocycles. The first-order valence-electron chi connectivity index (χ1n) is 7.85. The SMILES string of the molecule is CSc1ccc(/C=C(/C#N)C(=O)Nc2cccc(OC(C)C)c2)cc1. The normalized spacial score (nSPS) is 11.1. The van der Waals surface area contributed by atoms with Gasteiger partial charge in [0.05, 0.1) is 6.10 Å². The van der Waals surface area contributed by atoms with E-state index in [-0.39, 0.29) is 11.7 Å². The number of ether oxygens (including phenoxy) is 1. The Kier molecular flexibility index (Phi) is 6.67. The summed E-state index contributed by atoms with van der Waals surface area (Å²) in [6.07, 6.45) is 3.62. The van der Waals surface area contributed by atoms with Gasteiger partial charge in [-0.1, -0.05) is 18.2 Å². The molecule has 0 heterocycles. The highest BCUT2D eigenvalue weighted by molar-refractivity contribution is 7.98. The minimum atomic E-state index is -0.446. The summed E-state index contributed by atoms with van der Waals surface area (Å²) in [5.74, 6) is 0.223. The second-order valence-electron chi connectivity index (χ2n) is 5.59. The van der Waals surface area contributed by atoms with Crippen molar-refractivity contribution in [2.45, 2.75) is 24.8 Å². The van der Waals surface area contributed by atoms with E-state index in [4.69, 9.17) is 4.74 Å². The maximum absolute atomic E-state index is 12.4. The van der Waals surface area contributed by atoms with Crippen molar-refractivity contribution in [1.82, 2.24) is 0 Å². The molecule has 4 nitrogen and oxygen atoms in total. The number of hydrogen-bond acceptors (Lipinski definition) is 4. The zero-order chi connectivity index (χ0) is 18.2. The molecule has 0 spiro atoms. The first-order valence-corrected chi connectivity index (χ1v) is 9.08. The lowest BCUT2D eigenvalue weighted by atomic mass is 10.1. The molecule has 0 unspecified atom stereocenters. The number of thioether (sulfide) groups is 1. The second kappa shape index (κ2) is 8.95. The molecule has 1 N–H and O–H groups in total. The molecule has 0 fully saturated rings. The lowest BCUT2D eigenvalue weighted by Gasteiger charge is -2.11. The Balaban J connectivity index is 2.14. The molecular weight excluding hydrogens is 332 g/mol. The highest BCUT2D eigenvalue weighted by Crippen LogP contribution is 2.20. The molecule has 0 aliphatic heterocycles. The van der Waals surface area contributed by atoms with Gasteiger partial charge in [-0.3, -0.25) is 4.79 Å². The summed E-state index contributed by atoms with van der Waals surface area (Å²) < 4.78 is 5.61. The minimum absolute atomic E-state index is 0.0461. The summed E-state index contributed by atoms with van der Waals surface area (Å²) in [5, 5.41) is 12.0. The van der Waals surface area contributed by atoms with Gasteiger partial charge in [0.1, 0.15) is 17.4 Å². The van der Waals surface area contributed by atoms with E-state index in [1.807, 2.05) is 56.5 Å². The van der Waals surface area contributed by atoms with E-state index < -0.39 is 5.91 Å². The van der Waals surface area contributed by atoms with Crippen molar-refractivity contribution in [3.05, 3.63) is 59.7 Å². The van der Waals surface area contributed by atoms with Crippen molar-refractivity contribution < 1.29 is 9.53 Å². The zero-order valence-electron chi connectivity index (χ0n) is 14.4. The molecule has 0 atom stereocenters. The van der Waals surface area contributed by atoms with Gasteiger partial charge in [0.25, 0.3) is 5.91 Å². The van der Waals surface area contributed by atoms with Gasteiger partial charge in [0, 0.05) is 16.6 Å². The van der Waals surface area contributed by atoms with Crippen LogP contribution in [0.1, 0.15) is 19.4 Å². The third kappa shape index (κ3) is 5.70. The van der Waals surface area contributed by atoms with E-state index in [9.17, 15) is 10.1 Å². The summed E-state index contributed by atoms with van der Waals surface area (Å²) in [7, 11) is 0. The van der Waals surface area contributed by atoms with Gasteiger partial charge in [-0.15, -0.1) is 11.8 Å². The Morgan fingerprint density at radius 3 is 2.56 bits per heavy atom. The monoisotopic (exact) mass is 352 g/mol. The van der Waals surface area contributed by atoms with Crippen molar-refractivity contribution in [2.24, 2.45) is 0 Å². The number of benzene rings is 2. The highest BCUT2D eigenvalue weighted by Gasteiger charge is 2.10. The van der Waals surface area contributed by atoms with Crippen molar-refractivity contribution in [2.75, 3.05) is 11.6 Å². The summed E-state index contributed by atoms with van der Waals surface area (Å²) in [6.45, 7) is 3.87. The molecule has 2 rings (SSSR count). The fraction of sp³-hybridized carbons (Fsp3) is 0.200. The first kappa shape index (κ1) is 18.6. The van der Waals surface area contributed by atoms with Crippen LogP contribution in [-0.2, 0) is 4.79 Å². The third-order valence-corrected chi connectivity index (χ3v) is 4.00. The van der Waals surface area contributed by atoms with Gasteiger partial charge in [-0.2, -0.15) is 5.26 Å². The van der Waals surface area contributed by atoms with Gasteiger partial charge in [0.15, 0.2) is 0 Å². The van der Waals surface area contributed by atoms with Crippen LogP contribution in [0, 0.1) is 11.3 Å². The van der Waals surface area contributed by atoms with E-state index in [2.05, 4.69) is 5.32 Å². The largest absolute Gasteiger partial charge is 0.491 e. The van der Waals surface area contributed by atoms with Crippen LogP contribution in [0.2, 0.25) is 0 Å². The quantitative estimate of drug-likeness (QED) is 0.463. The van der Waals surface area contributed by atoms with Crippen LogP contribution in [-0.4, -0.2) is 18.3 Å². The molecule has 128 valence electrons. The zero-order valence-corrected chi connectivity index (χ0v) is 15.3. The lowest BCUT2D eigenvalue weighted by Crippen LogP contribution is -2.13. The fourth-order valence-corrected chi connectivity index (χ4v) is 2.54. The maximum Gasteiger partial charge on any atom is 0.266 e. The number of nitriles is 1. The van der Waals surface area contributed by atoms with Crippen molar-refractivity contribution in [1.29, 1.82) is 5.26 Å². The highest BCUT2D eigenvalue weighted by atomic mass is 32.2. The Hall–Kier alpha value is -2.71. The third-order valence-electron chi connectivity index (χ3n) is 3.26. The Morgan fingerprint density at radius 1 is 1.24 bits per heavy atom. The fourth-order valence-electron chi connectivity index (χ4n) is 2.13. The van der Waals surface area contributed by atoms with Crippen LogP contribution in [0.25, 0.3) is 6.08 Å². The van der Waals surface area contributed by atoms with Crippen molar-refractivity contribution >= 4 is 29.4 Å². The van der Waals surface area contributed by atoms with Crippen LogP contribution in [0.5, 0.6) is 5.75 Å². The number of nitrogens with zero attached hydrogens (tertiary/aromatic N) is 1. The molecule has 0 aliphatic rings. The second-order valence-corrected chi connectivity index (χ2v) is 6.47.